The van der Waals surface area contributed by atoms with Gasteiger partial charge >= 0.3 is 0 Å². The highest BCUT2D eigenvalue weighted by Gasteiger charge is 2.38. The predicted octanol–water partition coefficient (Wildman–Crippen LogP) is 1.14. The maximum Gasteiger partial charge on any atom is 0.243 e. The van der Waals surface area contributed by atoms with Crippen molar-refractivity contribution in [1.82, 2.24) is 19.3 Å². The first-order valence-corrected chi connectivity index (χ1v) is 7.86. The summed E-state index contributed by atoms with van der Waals surface area (Å²) in [6.45, 7) is 4.67. The molecular weight excluding hydrogens is 276 g/mol. The number of hydrogen-bond acceptors (Lipinski definition) is 4. The highest BCUT2D eigenvalue weighted by Crippen LogP contribution is 2.29. The van der Waals surface area contributed by atoms with Crippen LogP contribution in [0.2, 0.25) is 0 Å². The van der Waals surface area contributed by atoms with Crippen molar-refractivity contribution in [2.24, 2.45) is 0 Å². The number of aromatic nitrogens is 3. The Morgan fingerprint density at radius 3 is 2.60 bits per heavy atom. The Bertz CT molecular complexity index is 719. The van der Waals surface area contributed by atoms with Crippen LogP contribution >= 0.6 is 0 Å². The lowest BCUT2D eigenvalue weighted by atomic mass is 10.2. The van der Waals surface area contributed by atoms with E-state index in [-0.39, 0.29) is 6.04 Å². The smallest absolute Gasteiger partial charge is 0.243 e. The van der Waals surface area contributed by atoms with Gasteiger partial charge in [0.05, 0.1) is 17.1 Å². The molecule has 106 valence electrons. The molecule has 0 atom stereocenters. The molecule has 1 aromatic heterocycles. The molecule has 0 unspecified atom stereocenters. The molecule has 20 heavy (non-hydrogen) atoms. The summed E-state index contributed by atoms with van der Waals surface area (Å²) in [6, 6.07) is 5.48. The van der Waals surface area contributed by atoms with Crippen molar-refractivity contribution in [2.75, 3.05) is 13.1 Å². The molecule has 0 saturated carbocycles. The van der Waals surface area contributed by atoms with Crippen LogP contribution in [0.15, 0.2) is 35.5 Å². The molecular formula is C13H16N4O2S. The van der Waals surface area contributed by atoms with Crippen LogP contribution in [0.1, 0.15) is 17.2 Å². The van der Waals surface area contributed by atoms with E-state index in [1.54, 1.807) is 23.1 Å². The minimum Gasteiger partial charge on any atom is -0.247 e. The van der Waals surface area contributed by atoms with Gasteiger partial charge < -0.3 is 0 Å². The molecule has 0 radical (unpaired) electrons. The molecule has 3 rings (SSSR count). The standard InChI is InChI=1S/C13H16N4O2S/c1-10-3-4-13(11(2)7-10)20(18,19)16-8-12(9-16)17-6-5-14-15-17/h3-7,12H,8-9H2,1-2H3. The average Bonchev–Trinajstić information content (AvgIpc) is 2.79. The number of benzene rings is 1. The molecule has 0 aliphatic carbocycles. The van der Waals surface area contributed by atoms with Crippen LogP contribution < -0.4 is 0 Å². The van der Waals surface area contributed by atoms with Gasteiger partial charge in [0.15, 0.2) is 0 Å². The number of aryl methyl sites for hydroxylation is 2. The molecule has 6 nitrogen and oxygen atoms in total. The molecule has 1 aliphatic heterocycles. The number of rotatable bonds is 3. The van der Waals surface area contributed by atoms with E-state index in [9.17, 15) is 8.42 Å². The summed E-state index contributed by atoms with van der Waals surface area (Å²) in [4.78, 5) is 0.389. The molecule has 7 heteroatoms. The summed E-state index contributed by atoms with van der Waals surface area (Å²) < 4.78 is 28.3. The van der Waals surface area contributed by atoms with Crippen LogP contribution in [0.3, 0.4) is 0 Å². The second-order valence-electron chi connectivity index (χ2n) is 5.13. The van der Waals surface area contributed by atoms with Crippen molar-refractivity contribution in [3.05, 3.63) is 41.7 Å². The molecule has 1 aliphatic rings. The van der Waals surface area contributed by atoms with Gasteiger partial charge in [-0.05, 0) is 25.5 Å². The Morgan fingerprint density at radius 2 is 2.00 bits per heavy atom. The van der Waals surface area contributed by atoms with E-state index in [1.807, 2.05) is 26.0 Å². The molecule has 1 fully saturated rings. The maximum atomic E-state index is 12.5. The third-order valence-corrected chi connectivity index (χ3v) is 5.58. The van der Waals surface area contributed by atoms with Gasteiger partial charge in [-0.15, -0.1) is 5.10 Å². The summed E-state index contributed by atoms with van der Waals surface area (Å²) in [7, 11) is -3.40. The van der Waals surface area contributed by atoms with Crippen LogP contribution in [-0.4, -0.2) is 40.8 Å². The third kappa shape index (κ3) is 2.12. The highest BCUT2D eigenvalue weighted by molar-refractivity contribution is 7.89. The number of sulfonamides is 1. The maximum absolute atomic E-state index is 12.5. The lowest BCUT2D eigenvalue weighted by Crippen LogP contribution is -2.50. The monoisotopic (exact) mass is 292 g/mol. The van der Waals surface area contributed by atoms with Gasteiger partial charge in [0, 0.05) is 19.3 Å². The average molecular weight is 292 g/mol. The van der Waals surface area contributed by atoms with Gasteiger partial charge in [-0.2, -0.15) is 4.31 Å². The molecule has 1 aromatic carbocycles. The van der Waals surface area contributed by atoms with Crippen molar-refractivity contribution in [2.45, 2.75) is 24.8 Å². The third-order valence-electron chi connectivity index (χ3n) is 3.59. The second-order valence-corrected chi connectivity index (χ2v) is 7.03. The zero-order valence-electron chi connectivity index (χ0n) is 11.4. The number of nitrogens with zero attached hydrogens (tertiary/aromatic N) is 4. The lowest BCUT2D eigenvalue weighted by molar-refractivity contribution is 0.189. The van der Waals surface area contributed by atoms with Crippen LogP contribution in [0.5, 0.6) is 0 Å². The van der Waals surface area contributed by atoms with Gasteiger partial charge in [-0.3, -0.25) is 0 Å². The van der Waals surface area contributed by atoms with E-state index in [0.29, 0.717) is 18.0 Å². The van der Waals surface area contributed by atoms with Crippen LogP contribution in [0, 0.1) is 13.8 Å². The van der Waals surface area contributed by atoms with E-state index in [1.165, 1.54) is 4.31 Å². The molecule has 0 spiro atoms. The van der Waals surface area contributed by atoms with E-state index >= 15 is 0 Å². The van der Waals surface area contributed by atoms with E-state index < -0.39 is 10.0 Å². The normalized spacial score (nSPS) is 17.1. The first-order valence-electron chi connectivity index (χ1n) is 6.41. The number of hydrogen-bond donors (Lipinski definition) is 0. The molecule has 0 N–H and O–H groups in total. The van der Waals surface area contributed by atoms with Crippen molar-refractivity contribution in [3.8, 4) is 0 Å². The molecule has 2 heterocycles. The molecule has 0 bridgehead atoms. The van der Waals surface area contributed by atoms with Crippen LogP contribution in [-0.2, 0) is 10.0 Å². The second kappa shape index (κ2) is 4.68. The zero-order valence-corrected chi connectivity index (χ0v) is 12.2. The van der Waals surface area contributed by atoms with E-state index in [2.05, 4.69) is 10.3 Å². The van der Waals surface area contributed by atoms with Crippen LogP contribution in [0.4, 0.5) is 0 Å². The summed E-state index contributed by atoms with van der Waals surface area (Å²) in [5.74, 6) is 0. The lowest BCUT2D eigenvalue weighted by Gasteiger charge is -2.37. The highest BCUT2D eigenvalue weighted by atomic mass is 32.2. The van der Waals surface area contributed by atoms with Gasteiger partial charge in [-0.25, -0.2) is 13.1 Å². The summed E-state index contributed by atoms with van der Waals surface area (Å²) in [6.07, 6.45) is 3.35. The molecule has 2 aromatic rings. The first kappa shape index (κ1) is 13.3. The van der Waals surface area contributed by atoms with Gasteiger partial charge in [0.1, 0.15) is 0 Å². The fourth-order valence-electron chi connectivity index (χ4n) is 2.42. The first-order chi connectivity index (χ1) is 9.48. The Labute approximate surface area is 118 Å². The fourth-order valence-corrected chi connectivity index (χ4v) is 4.14. The van der Waals surface area contributed by atoms with Gasteiger partial charge in [-0.1, -0.05) is 22.9 Å². The predicted molar refractivity (Wildman–Crippen MR) is 73.7 cm³/mol. The minimum atomic E-state index is -3.40. The molecule has 1 saturated heterocycles. The summed E-state index contributed by atoms with van der Waals surface area (Å²) in [5.41, 5.74) is 1.85. The van der Waals surface area contributed by atoms with E-state index in [0.717, 1.165) is 11.1 Å². The largest absolute Gasteiger partial charge is 0.247 e. The zero-order chi connectivity index (χ0) is 14.3. The summed E-state index contributed by atoms with van der Waals surface area (Å²) >= 11 is 0. The van der Waals surface area contributed by atoms with Crippen LogP contribution in [0.25, 0.3) is 0 Å². The Morgan fingerprint density at radius 1 is 1.25 bits per heavy atom. The van der Waals surface area contributed by atoms with E-state index in [4.69, 9.17) is 0 Å². The SMILES string of the molecule is Cc1ccc(S(=O)(=O)N2CC(n3ccnn3)C2)c(C)c1. The quantitative estimate of drug-likeness (QED) is 0.851. The van der Waals surface area contributed by atoms with Crippen molar-refractivity contribution < 1.29 is 8.42 Å². The Hall–Kier alpha value is -1.73. The van der Waals surface area contributed by atoms with Crippen molar-refractivity contribution in [3.63, 3.8) is 0 Å². The van der Waals surface area contributed by atoms with Gasteiger partial charge in [0.2, 0.25) is 10.0 Å². The topological polar surface area (TPSA) is 68.1 Å². The van der Waals surface area contributed by atoms with Crippen molar-refractivity contribution in [1.29, 1.82) is 0 Å². The summed E-state index contributed by atoms with van der Waals surface area (Å²) in [5, 5.41) is 7.64. The molecule has 0 amide bonds. The fraction of sp³-hybridized carbons (Fsp3) is 0.385. The van der Waals surface area contributed by atoms with Gasteiger partial charge in [0.25, 0.3) is 0 Å². The Kier molecular flexibility index (Phi) is 3.10. The minimum absolute atomic E-state index is 0.0815. The van der Waals surface area contributed by atoms with Crippen molar-refractivity contribution >= 4 is 10.0 Å². The Balaban J connectivity index is 1.81.